The number of fused-ring (bicyclic) bond motifs is 1. The molecule has 144 valence electrons. The SMILES string of the molecule is C[C@H](C(=O)N[C@@H]1CCCc2c1cnn2Cc1ccc(Cl)cc1)c1ccccc1. The Labute approximate surface area is 170 Å². The van der Waals surface area contributed by atoms with Crippen LogP contribution in [0.3, 0.4) is 0 Å². The van der Waals surface area contributed by atoms with E-state index in [0.717, 1.165) is 35.4 Å². The Bertz CT molecular complexity index is 950. The zero-order valence-corrected chi connectivity index (χ0v) is 16.7. The molecule has 2 atom stereocenters. The van der Waals surface area contributed by atoms with Gasteiger partial charge in [0.1, 0.15) is 0 Å². The Hall–Kier alpha value is -2.59. The van der Waals surface area contributed by atoms with Crippen LogP contribution < -0.4 is 5.32 Å². The number of hydrogen-bond acceptors (Lipinski definition) is 2. The number of nitrogens with one attached hydrogen (secondary N) is 1. The van der Waals surface area contributed by atoms with Gasteiger partial charge >= 0.3 is 0 Å². The van der Waals surface area contributed by atoms with E-state index in [1.807, 2.05) is 67.7 Å². The van der Waals surface area contributed by atoms with Gasteiger partial charge in [-0.3, -0.25) is 9.48 Å². The summed E-state index contributed by atoms with van der Waals surface area (Å²) in [7, 11) is 0. The van der Waals surface area contributed by atoms with Crippen molar-refractivity contribution in [3.8, 4) is 0 Å². The molecule has 1 N–H and O–H groups in total. The highest BCUT2D eigenvalue weighted by atomic mass is 35.5. The molecule has 1 aliphatic carbocycles. The van der Waals surface area contributed by atoms with Gasteiger partial charge in [0.15, 0.2) is 0 Å². The monoisotopic (exact) mass is 393 g/mol. The van der Waals surface area contributed by atoms with Crippen LogP contribution >= 0.6 is 11.6 Å². The minimum Gasteiger partial charge on any atom is -0.349 e. The zero-order chi connectivity index (χ0) is 19.5. The van der Waals surface area contributed by atoms with Crippen molar-refractivity contribution in [1.29, 1.82) is 0 Å². The van der Waals surface area contributed by atoms with Gasteiger partial charge in [0.25, 0.3) is 0 Å². The molecule has 0 unspecified atom stereocenters. The normalized spacial score (nSPS) is 17.0. The number of benzene rings is 2. The van der Waals surface area contributed by atoms with E-state index < -0.39 is 0 Å². The van der Waals surface area contributed by atoms with Gasteiger partial charge < -0.3 is 5.32 Å². The van der Waals surface area contributed by atoms with Crippen LogP contribution in [0.25, 0.3) is 0 Å². The van der Waals surface area contributed by atoms with E-state index in [1.165, 1.54) is 11.3 Å². The second kappa shape index (κ2) is 8.19. The molecule has 0 saturated carbocycles. The summed E-state index contributed by atoms with van der Waals surface area (Å²) in [5.41, 5.74) is 4.57. The fourth-order valence-corrected chi connectivity index (χ4v) is 3.98. The molecule has 1 amide bonds. The van der Waals surface area contributed by atoms with Gasteiger partial charge in [-0.2, -0.15) is 5.10 Å². The summed E-state index contributed by atoms with van der Waals surface area (Å²) in [6, 6.07) is 17.8. The van der Waals surface area contributed by atoms with Crippen LogP contribution in [-0.2, 0) is 17.8 Å². The lowest BCUT2D eigenvalue weighted by molar-refractivity contribution is -0.123. The molecule has 0 fully saturated rings. The predicted octanol–water partition coefficient (Wildman–Crippen LogP) is 4.88. The molecular formula is C23H24ClN3O. The number of carbonyl (C=O) groups is 1. The first-order valence-corrected chi connectivity index (χ1v) is 10.1. The van der Waals surface area contributed by atoms with E-state index in [0.29, 0.717) is 6.54 Å². The Morgan fingerprint density at radius 3 is 2.71 bits per heavy atom. The molecule has 28 heavy (non-hydrogen) atoms. The van der Waals surface area contributed by atoms with E-state index in [-0.39, 0.29) is 17.9 Å². The highest BCUT2D eigenvalue weighted by Crippen LogP contribution is 2.31. The number of amides is 1. The molecule has 0 spiro atoms. The molecule has 4 rings (SSSR count). The highest BCUT2D eigenvalue weighted by Gasteiger charge is 2.27. The van der Waals surface area contributed by atoms with Crippen LogP contribution in [0.2, 0.25) is 5.02 Å². The second-order valence-electron chi connectivity index (χ2n) is 7.42. The third-order valence-corrected chi connectivity index (χ3v) is 5.77. The molecule has 3 aromatic rings. The summed E-state index contributed by atoms with van der Waals surface area (Å²) in [5, 5.41) is 8.59. The molecule has 0 saturated heterocycles. The minimum absolute atomic E-state index is 0.0291. The number of carbonyl (C=O) groups excluding carboxylic acids is 1. The lowest BCUT2D eigenvalue weighted by Crippen LogP contribution is -2.33. The van der Waals surface area contributed by atoms with Gasteiger partial charge in [-0.05, 0) is 49.4 Å². The van der Waals surface area contributed by atoms with Gasteiger partial charge in [0.2, 0.25) is 5.91 Å². The van der Waals surface area contributed by atoms with Gasteiger partial charge in [-0.1, -0.05) is 54.1 Å². The van der Waals surface area contributed by atoms with Gasteiger partial charge in [-0.25, -0.2) is 0 Å². The van der Waals surface area contributed by atoms with Crippen molar-refractivity contribution in [2.75, 3.05) is 0 Å². The first kappa shape index (κ1) is 18.8. The van der Waals surface area contributed by atoms with Crippen molar-refractivity contribution in [2.24, 2.45) is 0 Å². The summed E-state index contributed by atoms with van der Waals surface area (Å²) < 4.78 is 2.05. The van der Waals surface area contributed by atoms with Crippen molar-refractivity contribution in [1.82, 2.24) is 15.1 Å². The van der Waals surface area contributed by atoms with Crippen molar-refractivity contribution in [3.63, 3.8) is 0 Å². The van der Waals surface area contributed by atoms with Crippen LogP contribution in [0.5, 0.6) is 0 Å². The smallest absolute Gasteiger partial charge is 0.227 e. The average molecular weight is 394 g/mol. The average Bonchev–Trinajstić information content (AvgIpc) is 3.13. The number of aromatic nitrogens is 2. The summed E-state index contributed by atoms with van der Waals surface area (Å²) in [6.07, 6.45) is 4.91. The maximum atomic E-state index is 12.8. The van der Waals surface area contributed by atoms with Gasteiger partial charge in [-0.15, -0.1) is 0 Å². The quantitative estimate of drug-likeness (QED) is 0.671. The highest BCUT2D eigenvalue weighted by molar-refractivity contribution is 6.30. The largest absolute Gasteiger partial charge is 0.349 e. The molecule has 0 bridgehead atoms. The lowest BCUT2D eigenvalue weighted by atomic mass is 9.91. The summed E-state index contributed by atoms with van der Waals surface area (Å²) in [5.74, 6) is -0.106. The molecule has 5 heteroatoms. The second-order valence-corrected chi connectivity index (χ2v) is 7.85. The van der Waals surface area contributed by atoms with Crippen LogP contribution in [0, 0.1) is 0 Å². The topological polar surface area (TPSA) is 46.9 Å². The Morgan fingerprint density at radius 2 is 1.96 bits per heavy atom. The fourth-order valence-electron chi connectivity index (χ4n) is 3.86. The molecule has 1 aromatic heterocycles. The van der Waals surface area contributed by atoms with E-state index in [4.69, 9.17) is 11.6 Å². The van der Waals surface area contributed by atoms with Crippen molar-refractivity contribution >= 4 is 17.5 Å². The molecule has 0 radical (unpaired) electrons. The number of halogens is 1. The predicted molar refractivity (Wildman–Crippen MR) is 111 cm³/mol. The Morgan fingerprint density at radius 1 is 1.21 bits per heavy atom. The fraction of sp³-hybridized carbons (Fsp3) is 0.304. The maximum Gasteiger partial charge on any atom is 0.227 e. The zero-order valence-electron chi connectivity index (χ0n) is 15.9. The molecular weight excluding hydrogens is 370 g/mol. The first-order valence-electron chi connectivity index (χ1n) is 9.76. The lowest BCUT2D eigenvalue weighted by Gasteiger charge is -2.25. The van der Waals surface area contributed by atoms with Crippen molar-refractivity contribution in [3.05, 3.63) is 88.2 Å². The number of nitrogens with zero attached hydrogens (tertiary/aromatic N) is 2. The van der Waals surface area contributed by atoms with Gasteiger partial charge in [0.05, 0.1) is 24.7 Å². The van der Waals surface area contributed by atoms with E-state index in [9.17, 15) is 4.79 Å². The Balaban J connectivity index is 1.49. The third kappa shape index (κ3) is 3.97. The third-order valence-electron chi connectivity index (χ3n) is 5.52. The first-order chi connectivity index (χ1) is 13.6. The molecule has 2 aromatic carbocycles. The standard InChI is InChI=1S/C23H24ClN3O/c1-16(18-6-3-2-4-7-18)23(28)26-21-8-5-9-22-20(21)14-25-27(22)15-17-10-12-19(24)13-11-17/h2-4,6-7,10-14,16,21H,5,8-9,15H2,1H3,(H,26,28)/t16-,21+/m0/s1. The number of rotatable bonds is 5. The van der Waals surface area contributed by atoms with E-state index >= 15 is 0 Å². The van der Waals surface area contributed by atoms with E-state index in [1.54, 1.807) is 0 Å². The van der Waals surface area contributed by atoms with Crippen LogP contribution in [0.4, 0.5) is 0 Å². The molecule has 1 heterocycles. The van der Waals surface area contributed by atoms with Crippen molar-refractivity contribution < 1.29 is 4.79 Å². The summed E-state index contributed by atoms with van der Waals surface area (Å²) >= 11 is 5.98. The molecule has 0 aliphatic heterocycles. The van der Waals surface area contributed by atoms with Gasteiger partial charge in [0, 0.05) is 16.3 Å². The van der Waals surface area contributed by atoms with E-state index in [2.05, 4.69) is 15.1 Å². The van der Waals surface area contributed by atoms with Crippen LogP contribution in [0.15, 0.2) is 60.8 Å². The number of hydrogen-bond donors (Lipinski definition) is 1. The van der Waals surface area contributed by atoms with Crippen LogP contribution in [-0.4, -0.2) is 15.7 Å². The summed E-state index contributed by atoms with van der Waals surface area (Å²) in [6.45, 7) is 2.67. The summed E-state index contributed by atoms with van der Waals surface area (Å²) in [4.78, 5) is 12.8. The minimum atomic E-state index is -0.171. The molecule has 4 nitrogen and oxygen atoms in total. The maximum absolute atomic E-state index is 12.8. The Kier molecular flexibility index (Phi) is 5.49. The van der Waals surface area contributed by atoms with Crippen molar-refractivity contribution in [2.45, 2.75) is 44.7 Å². The molecule has 1 aliphatic rings. The van der Waals surface area contributed by atoms with Crippen LogP contribution in [0.1, 0.15) is 54.1 Å².